The Morgan fingerprint density at radius 1 is 1.06 bits per heavy atom. The summed E-state index contributed by atoms with van der Waals surface area (Å²) in [6.07, 6.45) is 1.74. The summed E-state index contributed by atoms with van der Waals surface area (Å²) in [6.45, 7) is 1.39. The summed E-state index contributed by atoms with van der Waals surface area (Å²) < 4.78 is 38.9. The van der Waals surface area contributed by atoms with Crippen molar-refractivity contribution in [2.45, 2.75) is 13.2 Å². The molecule has 0 aliphatic carbocycles. The van der Waals surface area contributed by atoms with Gasteiger partial charge in [-0.3, -0.25) is 0 Å². The average molecular weight is 493 g/mol. The molecule has 0 spiro atoms. The van der Waals surface area contributed by atoms with E-state index in [1.165, 1.54) is 36.6 Å². The molecule has 174 valence electrons. The third kappa shape index (κ3) is 5.68. The largest absolute Gasteiger partial charge is 0.493 e. The second-order valence-corrected chi connectivity index (χ2v) is 7.96. The minimum atomic E-state index is -0.650. The number of anilines is 1. The van der Waals surface area contributed by atoms with Gasteiger partial charge in [0.1, 0.15) is 28.6 Å². The zero-order valence-electron chi connectivity index (χ0n) is 17.8. The third-order valence-electron chi connectivity index (χ3n) is 4.86. The lowest BCUT2D eigenvalue weighted by molar-refractivity contribution is 0.274. The molecule has 0 saturated carbocycles. The van der Waals surface area contributed by atoms with Crippen LogP contribution in [0.5, 0.6) is 11.5 Å². The maximum absolute atomic E-state index is 13.9. The van der Waals surface area contributed by atoms with E-state index in [-0.39, 0.29) is 24.6 Å². The van der Waals surface area contributed by atoms with E-state index in [0.717, 1.165) is 21.0 Å². The van der Waals surface area contributed by atoms with Crippen molar-refractivity contribution in [3.8, 4) is 11.5 Å². The number of ether oxygens (including phenoxy) is 2. The van der Waals surface area contributed by atoms with Gasteiger partial charge in [0.25, 0.3) is 0 Å². The van der Waals surface area contributed by atoms with Gasteiger partial charge in [-0.25, -0.2) is 18.7 Å². The molecule has 4 rings (SSSR count). The number of pyridine rings is 1. The van der Waals surface area contributed by atoms with E-state index in [1.807, 2.05) is 24.3 Å². The van der Waals surface area contributed by atoms with Crippen molar-refractivity contribution >= 4 is 39.2 Å². The van der Waals surface area contributed by atoms with E-state index in [2.05, 4.69) is 14.9 Å². The highest BCUT2D eigenvalue weighted by molar-refractivity contribution is 7.21. The van der Waals surface area contributed by atoms with Crippen molar-refractivity contribution < 1.29 is 18.3 Å². The Morgan fingerprint density at radius 2 is 1.85 bits per heavy atom. The molecule has 10 heteroatoms. The zero-order chi connectivity index (χ0) is 22.5. The summed E-state index contributed by atoms with van der Waals surface area (Å²) in [4.78, 5) is 12.0. The fraction of sp³-hybridized carbons (Fsp3) is 0.217. The standard InChI is InChI=1S/C23H22F2N4O2S.ClH/c1-30-21-12-15(7-8-20(21)31-14-16-17(24)4-2-5-18(16)25)13-29(11-9-26)23-28-19-6-3-10-27-22(19)32-23;/h2-8,10,12H,9,11,13-14,26H2,1H3;1H. The molecule has 0 amide bonds. The highest BCUT2D eigenvalue weighted by Crippen LogP contribution is 2.32. The molecule has 0 saturated heterocycles. The van der Waals surface area contributed by atoms with Gasteiger partial charge in [-0.05, 0) is 42.0 Å². The first-order valence-electron chi connectivity index (χ1n) is 9.98. The van der Waals surface area contributed by atoms with E-state index in [9.17, 15) is 8.78 Å². The maximum Gasteiger partial charge on any atom is 0.188 e. The second kappa shape index (κ2) is 11.2. The van der Waals surface area contributed by atoms with Gasteiger partial charge in [0, 0.05) is 25.8 Å². The van der Waals surface area contributed by atoms with Crippen LogP contribution in [0.1, 0.15) is 11.1 Å². The van der Waals surface area contributed by atoms with Crippen LogP contribution in [-0.4, -0.2) is 30.2 Å². The quantitative estimate of drug-likeness (QED) is 0.356. The molecule has 0 radical (unpaired) electrons. The van der Waals surface area contributed by atoms with E-state index in [4.69, 9.17) is 15.2 Å². The smallest absolute Gasteiger partial charge is 0.188 e. The van der Waals surface area contributed by atoms with Crippen molar-refractivity contribution in [2.24, 2.45) is 5.73 Å². The van der Waals surface area contributed by atoms with E-state index < -0.39 is 11.6 Å². The molecule has 2 aromatic heterocycles. The highest BCUT2D eigenvalue weighted by atomic mass is 35.5. The number of aromatic nitrogens is 2. The van der Waals surface area contributed by atoms with Crippen molar-refractivity contribution in [3.63, 3.8) is 0 Å². The van der Waals surface area contributed by atoms with Crippen molar-refractivity contribution in [2.75, 3.05) is 25.1 Å². The van der Waals surface area contributed by atoms with Crippen LogP contribution in [-0.2, 0) is 13.2 Å². The summed E-state index contributed by atoms with van der Waals surface area (Å²) in [5.74, 6) is -0.432. The van der Waals surface area contributed by atoms with E-state index in [0.29, 0.717) is 31.1 Å². The molecule has 33 heavy (non-hydrogen) atoms. The number of nitrogens with two attached hydrogens (primary N) is 1. The summed E-state index contributed by atoms with van der Waals surface area (Å²) in [7, 11) is 1.52. The first-order chi connectivity index (χ1) is 15.6. The van der Waals surface area contributed by atoms with Crippen LogP contribution in [0.3, 0.4) is 0 Å². The van der Waals surface area contributed by atoms with Crippen molar-refractivity contribution in [3.05, 3.63) is 77.5 Å². The van der Waals surface area contributed by atoms with Crippen molar-refractivity contribution in [1.29, 1.82) is 0 Å². The van der Waals surface area contributed by atoms with Crippen LogP contribution >= 0.6 is 23.7 Å². The minimum Gasteiger partial charge on any atom is -0.493 e. The van der Waals surface area contributed by atoms with Gasteiger partial charge in [0.05, 0.1) is 12.7 Å². The Labute approximate surface area is 200 Å². The Kier molecular flexibility index (Phi) is 8.37. The van der Waals surface area contributed by atoms with Gasteiger partial charge < -0.3 is 20.1 Å². The fourth-order valence-corrected chi connectivity index (χ4v) is 4.20. The summed E-state index contributed by atoms with van der Waals surface area (Å²) in [5.41, 5.74) is 7.49. The number of methoxy groups -OCH3 is 1. The molecule has 0 atom stereocenters. The van der Waals surface area contributed by atoms with Gasteiger partial charge in [-0.1, -0.05) is 23.5 Å². The van der Waals surface area contributed by atoms with Gasteiger partial charge in [-0.15, -0.1) is 12.4 Å². The fourth-order valence-electron chi connectivity index (χ4n) is 3.26. The van der Waals surface area contributed by atoms with Crippen LogP contribution in [0.4, 0.5) is 13.9 Å². The van der Waals surface area contributed by atoms with Gasteiger partial charge in [-0.2, -0.15) is 0 Å². The predicted octanol–water partition coefficient (Wildman–Crippen LogP) is 4.94. The Morgan fingerprint density at radius 3 is 2.55 bits per heavy atom. The number of nitrogens with zero attached hydrogens (tertiary/aromatic N) is 3. The minimum absolute atomic E-state index is 0. The molecular weight excluding hydrogens is 470 g/mol. The lowest BCUT2D eigenvalue weighted by Gasteiger charge is -2.21. The first kappa shape index (κ1) is 24.6. The number of benzene rings is 2. The molecule has 2 heterocycles. The van der Waals surface area contributed by atoms with Gasteiger partial charge >= 0.3 is 0 Å². The number of hydrogen-bond acceptors (Lipinski definition) is 7. The normalized spacial score (nSPS) is 10.7. The van der Waals surface area contributed by atoms with Gasteiger partial charge in [0.2, 0.25) is 0 Å². The highest BCUT2D eigenvalue weighted by Gasteiger charge is 2.15. The first-order valence-corrected chi connectivity index (χ1v) is 10.8. The Bertz CT molecular complexity index is 1170. The predicted molar refractivity (Wildman–Crippen MR) is 128 cm³/mol. The number of thiazole rings is 1. The number of fused-ring (bicyclic) bond motifs is 1. The van der Waals surface area contributed by atoms with E-state index >= 15 is 0 Å². The molecule has 6 nitrogen and oxygen atoms in total. The van der Waals surface area contributed by atoms with Crippen LogP contribution in [0.25, 0.3) is 10.3 Å². The van der Waals surface area contributed by atoms with Crippen LogP contribution < -0.4 is 20.1 Å². The molecule has 0 aliphatic rings. The molecule has 2 aromatic carbocycles. The lowest BCUT2D eigenvalue weighted by Crippen LogP contribution is -2.28. The second-order valence-electron chi connectivity index (χ2n) is 7.01. The zero-order valence-corrected chi connectivity index (χ0v) is 19.5. The monoisotopic (exact) mass is 492 g/mol. The third-order valence-corrected chi connectivity index (χ3v) is 5.90. The SMILES string of the molecule is COc1cc(CN(CCN)c2nc3cccnc3s2)ccc1OCc1c(F)cccc1F.Cl. The number of halogens is 3. The van der Waals surface area contributed by atoms with Crippen LogP contribution in [0.15, 0.2) is 54.7 Å². The number of rotatable bonds is 9. The molecule has 0 bridgehead atoms. The molecule has 4 aromatic rings. The average Bonchev–Trinajstić information content (AvgIpc) is 3.23. The van der Waals surface area contributed by atoms with Gasteiger partial charge in [0.15, 0.2) is 16.6 Å². The maximum atomic E-state index is 13.9. The Balaban J connectivity index is 0.00000306. The lowest BCUT2D eigenvalue weighted by atomic mass is 10.2. The topological polar surface area (TPSA) is 73.5 Å². The molecule has 2 N–H and O–H groups in total. The molecule has 0 unspecified atom stereocenters. The van der Waals surface area contributed by atoms with Crippen LogP contribution in [0.2, 0.25) is 0 Å². The summed E-state index contributed by atoms with van der Waals surface area (Å²) in [5, 5.41) is 0.832. The summed E-state index contributed by atoms with van der Waals surface area (Å²) >= 11 is 1.51. The molecule has 0 aliphatic heterocycles. The van der Waals surface area contributed by atoms with Crippen LogP contribution in [0, 0.1) is 11.6 Å². The van der Waals surface area contributed by atoms with Crippen molar-refractivity contribution in [1.82, 2.24) is 9.97 Å². The molecule has 0 fully saturated rings. The number of hydrogen-bond donors (Lipinski definition) is 1. The Hall–Kier alpha value is -3.01. The molecular formula is C23H23ClF2N4O2S. The van der Waals surface area contributed by atoms with E-state index in [1.54, 1.807) is 12.3 Å². The summed E-state index contributed by atoms with van der Waals surface area (Å²) in [6, 6.07) is 12.9.